The molecule has 1 aliphatic rings. The maximum atomic E-state index is 2.62. The molecule has 0 spiro atoms. The van der Waals surface area contributed by atoms with Crippen molar-refractivity contribution in [3.63, 3.8) is 0 Å². The number of para-hydroxylation sites is 1. The van der Waals surface area contributed by atoms with E-state index in [2.05, 4.69) is 105 Å². The minimum atomic E-state index is 0.379. The van der Waals surface area contributed by atoms with Crippen LogP contribution in [0.25, 0.3) is 0 Å². The van der Waals surface area contributed by atoms with Gasteiger partial charge in [0.15, 0.2) is 6.04 Å². The van der Waals surface area contributed by atoms with Crippen molar-refractivity contribution in [2.75, 3.05) is 4.90 Å². The summed E-state index contributed by atoms with van der Waals surface area (Å²) >= 11 is 0. The highest BCUT2D eigenvalue weighted by molar-refractivity contribution is 5.97. The molecule has 0 fully saturated rings. The van der Waals surface area contributed by atoms with Crippen LogP contribution in [0.2, 0.25) is 0 Å². The Morgan fingerprint density at radius 3 is 1.88 bits per heavy atom. The molecule has 2 aromatic carbocycles. The first-order valence-corrected chi connectivity index (χ1v) is 9.06. The van der Waals surface area contributed by atoms with Crippen LogP contribution in [0, 0.1) is 5.92 Å². The van der Waals surface area contributed by atoms with Gasteiger partial charge in [-0.15, -0.1) is 0 Å². The zero-order valence-electron chi connectivity index (χ0n) is 15.5. The van der Waals surface area contributed by atoms with E-state index in [-0.39, 0.29) is 0 Å². The lowest BCUT2D eigenvalue weighted by Gasteiger charge is -2.21. The van der Waals surface area contributed by atoms with E-state index in [4.69, 9.17) is 0 Å². The normalized spacial score (nSPS) is 21.2. The molecule has 0 unspecified atom stereocenters. The topological polar surface area (TPSA) is 6.25 Å². The maximum Gasteiger partial charge on any atom is 0.255 e. The van der Waals surface area contributed by atoms with Gasteiger partial charge in [0, 0.05) is 5.56 Å². The predicted octanol–water partition coefficient (Wildman–Crippen LogP) is 5.11. The third-order valence-electron chi connectivity index (χ3n) is 4.92. The number of hydrogen-bond acceptors (Lipinski definition) is 1. The largest absolute Gasteiger partial charge is 0.255 e. The van der Waals surface area contributed by atoms with E-state index in [1.165, 1.54) is 17.1 Å². The van der Waals surface area contributed by atoms with Crippen molar-refractivity contribution < 1.29 is 4.58 Å². The lowest BCUT2D eigenvalue weighted by molar-refractivity contribution is -0.596. The van der Waals surface area contributed by atoms with Gasteiger partial charge in [-0.3, -0.25) is 4.58 Å². The number of anilines is 1. The molecule has 2 nitrogen and oxygen atoms in total. The quantitative estimate of drug-likeness (QED) is 0.709. The molecule has 0 saturated heterocycles. The lowest BCUT2D eigenvalue weighted by atomic mass is 9.99. The summed E-state index contributed by atoms with van der Waals surface area (Å²) in [4.78, 5) is 2.54. The Hall–Kier alpha value is -2.09. The highest BCUT2D eigenvalue weighted by Crippen LogP contribution is 2.37. The third-order valence-corrected chi connectivity index (χ3v) is 4.92. The molecular formula is C22H29N2+. The lowest BCUT2D eigenvalue weighted by Crippen LogP contribution is -2.38. The summed E-state index contributed by atoms with van der Waals surface area (Å²) in [7, 11) is 0. The maximum absolute atomic E-state index is 2.62. The first-order chi connectivity index (χ1) is 11.5. The van der Waals surface area contributed by atoms with E-state index in [1.807, 2.05) is 0 Å². The van der Waals surface area contributed by atoms with Crippen LogP contribution >= 0.6 is 0 Å². The first-order valence-electron chi connectivity index (χ1n) is 9.06. The minimum absolute atomic E-state index is 0.379. The van der Waals surface area contributed by atoms with Gasteiger partial charge in [0.2, 0.25) is 0 Å². The van der Waals surface area contributed by atoms with Crippen molar-refractivity contribution in [1.82, 2.24) is 0 Å². The van der Waals surface area contributed by atoms with Crippen molar-refractivity contribution in [1.29, 1.82) is 0 Å². The zero-order valence-corrected chi connectivity index (χ0v) is 15.5. The van der Waals surface area contributed by atoms with Gasteiger partial charge in [0.1, 0.15) is 11.7 Å². The van der Waals surface area contributed by atoms with Crippen molar-refractivity contribution in [2.24, 2.45) is 5.92 Å². The zero-order chi connectivity index (χ0) is 17.3. The molecule has 3 rings (SSSR count). The first kappa shape index (κ1) is 16.8. The van der Waals surface area contributed by atoms with Crippen LogP contribution in [0.15, 0.2) is 60.7 Å². The number of nitrogens with zero attached hydrogens (tertiary/aromatic N) is 2. The molecular weight excluding hydrogens is 292 g/mol. The van der Waals surface area contributed by atoms with E-state index in [9.17, 15) is 0 Å². The van der Waals surface area contributed by atoms with Gasteiger partial charge < -0.3 is 0 Å². The molecule has 1 aliphatic heterocycles. The van der Waals surface area contributed by atoms with Crippen LogP contribution in [0.5, 0.6) is 0 Å². The fourth-order valence-corrected chi connectivity index (χ4v) is 4.06. The molecule has 0 aliphatic carbocycles. The van der Waals surface area contributed by atoms with Crippen LogP contribution in [0.3, 0.4) is 0 Å². The Labute approximate surface area is 146 Å². The fraction of sp³-hybridized carbons (Fsp3) is 0.409. The second-order valence-electron chi connectivity index (χ2n) is 7.32. The third kappa shape index (κ3) is 2.86. The molecule has 2 aromatic rings. The number of rotatable bonds is 4. The van der Waals surface area contributed by atoms with E-state index in [0.717, 1.165) is 0 Å². The number of benzene rings is 2. The van der Waals surface area contributed by atoms with Crippen LogP contribution in [-0.4, -0.2) is 22.5 Å². The molecule has 0 saturated carbocycles. The summed E-state index contributed by atoms with van der Waals surface area (Å²) in [5.41, 5.74) is 2.69. The van der Waals surface area contributed by atoms with E-state index in [1.54, 1.807) is 0 Å². The Kier molecular flexibility index (Phi) is 4.75. The van der Waals surface area contributed by atoms with Gasteiger partial charge in [0.25, 0.3) is 5.84 Å². The minimum Gasteiger partial charge on any atom is -0.252 e. The predicted molar refractivity (Wildman–Crippen MR) is 103 cm³/mol. The van der Waals surface area contributed by atoms with Gasteiger partial charge >= 0.3 is 0 Å². The van der Waals surface area contributed by atoms with Crippen molar-refractivity contribution in [3.05, 3.63) is 66.2 Å². The summed E-state index contributed by atoms with van der Waals surface area (Å²) in [6.07, 6.45) is 0. The molecule has 0 N–H and O–H groups in total. The van der Waals surface area contributed by atoms with Crippen molar-refractivity contribution >= 4 is 11.5 Å². The Bertz CT molecular complexity index is 640. The van der Waals surface area contributed by atoms with E-state index in [0.29, 0.717) is 24.0 Å². The summed E-state index contributed by atoms with van der Waals surface area (Å²) in [6, 6.07) is 23.0. The van der Waals surface area contributed by atoms with Gasteiger partial charge in [-0.2, -0.15) is 0 Å². The Balaban J connectivity index is 2.18. The molecule has 2 atom stereocenters. The monoisotopic (exact) mass is 321 g/mol. The molecule has 2 heteroatoms. The summed E-state index contributed by atoms with van der Waals surface area (Å²) < 4.78 is 2.62. The van der Waals surface area contributed by atoms with Gasteiger partial charge in [-0.1, -0.05) is 62.4 Å². The van der Waals surface area contributed by atoms with Crippen molar-refractivity contribution in [2.45, 2.75) is 52.7 Å². The second kappa shape index (κ2) is 6.80. The molecule has 0 bridgehead atoms. The standard InChI is InChI=1S/C22H29N2/c1-16(2)22-23(17(3)4)21(19-12-8-6-9-13-19)18(5)24(22)20-14-10-7-11-15-20/h6-18,21H,1-5H3/q+1/t18-,21-/m0/s1. The fourth-order valence-electron chi connectivity index (χ4n) is 4.06. The molecule has 0 amide bonds. The summed E-state index contributed by atoms with van der Waals surface area (Å²) in [6.45, 7) is 11.6. The highest BCUT2D eigenvalue weighted by atomic mass is 15.4. The highest BCUT2D eigenvalue weighted by Gasteiger charge is 2.48. The number of hydrogen-bond donors (Lipinski definition) is 0. The van der Waals surface area contributed by atoms with Crippen LogP contribution in [-0.2, 0) is 0 Å². The van der Waals surface area contributed by atoms with Gasteiger partial charge in [-0.25, -0.2) is 4.90 Å². The number of amidine groups is 1. The average Bonchev–Trinajstić information content (AvgIpc) is 2.90. The van der Waals surface area contributed by atoms with Crippen molar-refractivity contribution in [3.8, 4) is 0 Å². The van der Waals surface area contributed by atoms with E-state index < -0.39 is 0 Å². The van der Waals surface area contributed by atoms with Crippen LogP contribution < -0.4 is 4.90 Å². The van der Waals surface area contributed by atoms with Crippen LogP contribution in [0.4, 0.5) is 5.69 Å². The van der Waals surface area contributed by atoms with Gasteiger partial charge in [-0.05, 0) is 32.9 Å². The van der Waals surface area contributed by atoms with Crippen LogP contribution in [0.1, 0.15) is 46.2 Å². The smallest absolute Gasteiger partial charge is 0.252 e. The SMILES string of the molecule is CC(C)C1=[N+](C(C)C)[C@H](c2ccccc2)[C@H](C)N1c1ccccc1. The molecule has 0 radical (unpaired) electrons. The molecule has 24 heavy (non-hydrogen) atoms. The molecule has 126 valence electrons. The molecule has 0 aromatic heterocycles. The average molecular weight is 321 g/mol. The van der Waals surface area contributed by atoms with E-state index >= 15 is 0 Å². The Morgan fingerprint density at radius 1 is 0.833 bits per heavy atom. The van der Waals surface area contributed by atoms with Gasteiger partial charge in [0.05, 0.1) is 12.0 Å². The molecule has 1 heterocycles. The second-order valence-corrected chi connectivity index (χ2v) is 7.32. The summed E-state index contributed by atoms with van der Waals surface area (Å²) in [5.74, 6) is 1.90. The summed E-state index contributed by atoms with van der Waals surface area (Å²) in [5, 5.41) is 0. The Morgan fingerprint density at radius 2 is 1.38 bits per heavy atom.